The largest absolute Gasteiger partial charge is 0.316 e. The molecule has 3 rings (SSSR count). The molecule has 0 N–H and O–H groups in total. The summed E-state index contributed by atoms with van der Waals surface area (Å²) in [4.78, 5) is 25.8. The minimum Gasteiger partial charge on any atom is -0.263 e. The molecule has 3 aromatic rings. The number of rotatable bonds is 4. The van der Waals surface area contributed by atoms with Gasteiger partial charge in [0.05, 0.1) is 11.3 Å². The lowest BCUT2D eigenvalue weighted by Gasteiger charge is -2.01. The van der Waals surface area contributed by atoms with Crippen molar-refractivity contribution in [1.82, 2.24) is 14.8 Å². The van der Waals surface area contributed by atoms with Crippen LogP contribution in [0.25, 0.3) is 5.82 Å². The van der Waals surface area contributed by atoms with Crippen molar-refractivity contribution in [3.05, 3.63) is 82.7 Å². The van der Waals surface area contributed by atoms with Crippen LogP contribution < -0.4 is 0 Å². The van der Waals surface area contributed by atoms with Crippen LogP contribution in [0.15, 0.2) is 66.1 Å². The third-order valence-electron chi connectivity index (χ3n) is 3.18. The number of hydrogen-bond acceptors (Lipinski definition) is 4. The van der Waals surface area contributed by atoms with Gasteiger partial charge < -0.3 is 0 Å². The molecule has 0 atom stereocenters. The molecule has 0 saturated carbocycles. The molecular formula is C16H12N4O2. The molecule has 0 unspecified atom stereocenters. The van der Waals surface area contributed by atoms with Crippen molar-refractivity contribution in [2.24, 2.45) is 5.18 Å². The minimum absolute atomic E-state index is 0.195. The van der Waals surface area contributed by atoms with Gasteiger partial charge in [-0.15, -0.1) is 4.91 Å². The molecule has 0 fully saturated rings. The fourth-order valence-corrected chi connectivity index (χ4v) is 2.12. The molecule has 2 aromatic heterocycles. The molecular weight excluding hydrogens is 280 g/mol. The van der Waals surface area contributed by atoms with Crippen LogP contribution >= 0.6 is 0 Å². The fourth-order valence-electron chi connectivity index (χ4n) is 2.12. The van der Waals surface area contributed by atoms with E-state index < -0.39 is 5.91 Å². The lowest BCUT2D eigenvalue weighted by atomic mass is 10.1. The third kappa shape index (κ3) is 2.95. The van der Waals surface area contributed by atoms with Crippen LogP contribution in [0.3, 0.4) is 0 Å². The van der Waals surface area contributed by atoms with Crippen LogP contribution in [-0.2, 0) is 6.42 Å². The van der Waals surface area contributed by atoms with Gasteiger partial charge in [-0.1, -0.05) is 30.3 Å². The third-order valence-corrected chi connectivity index (χ3v) is 3.18. The Morgan fingerprint density at radius 1 is 1.14 bits per heavy atom. The van der Waals surface area contributed by atoms with E-state index in [1.54, 1.807) is 10.9 Å². The lowest BCUT2D eigenvalue weighted by molar-refractivity contribution is 0.100. The first kappa shape index (κ1) is 13.8. The first-order valence-corrected chi connectivity index (χ1v) is 6.69. The van der Waals surface area contributed by atoms with Crippen molar-refractivity contribution in [1.29, 1.82) is 0 Å². The molecule has 0 aliphatic carbocycles. The molecule has 0 spiro atoms. The standard InChI is InChI=1S/C16H12N4O2/c21-16(19-22)13-6-8-17-15(11-13)20-9-7-14(18-20)10-12-4-2-1-3-5-12/h1-9,11H,10H2. The summed E-state index contributed by atoms with van der Waals surface area (Å²) >= 11 is 0. The average Bonchev–Trinajstić information content (AvgIpc) is 3.04. The zero-order chi connectivity index (χ0) is 15.4. The Bertz CT molecular complexity index is 812. The van der Waals surface area contributed by atoms with E-state index in [-0.39, 0.29) is 5.56 Å². The second-order valence-corrected chi connectivity index (χ2v) is 4.71. The quantitative estimate of drug-likeness (QED) is 0.693. The van der Waals surface area contributed by atoms with Gasteiger partial charge in [-0.25, -0.2) is 9.67 Å². The molecule has 0 aliphatic rings. The molecule has 0 bridgehead atoms. The summed E-state index contributed by atoms with van der Waals surface area (Å²) in [5, 5.41) is 6.84. The van der Waals surface area contributed by atoms with Crippen molar-refractivity contribution in [3.63, 3.8) is 0 Å². The second kappa shape index (κ2) is 6.09. The summed E-state index contributed by atoms with van der Waals surface area (Å²) in [6, 6.07) is 14.8. The minimum atomic E-state index is -0.819. The molecule has 2 heterocycles. The lowest BCUT2D eigenvalue weighted by Crippen LogP contribution is -2.02. The van der Waals surface area contributed by atoms with E-state index in [9.17, 15) is 9.70 Å². The van der Waals surface area contributed by atoms with Crippen LogP contribution in [0.4, 0.5) is 0 Å². The van der Waals surface area contributed by atoms with Gasteiger partial charge in [-0.05, 0) is 23.8 Å². The molecule has 22 heavy (non-hydrogen) atoms. The molecule has 1 aromatic carbocycles. The number of benzene rings is 1. The Morgan fingerprint density at radius 3 is 2.73 bits per heavy atom. The molecule has 6 nitrogen and oxygen atoms in total. The van der Waals surface area contributed by atoms with Gasteiger partial charge in [0.15, 0.2) is 5.82 Å². The van der Waals surface area contributed by atoms with Gasteiger partial charge >= 0.3 is 5.91 Å². The van der Waals surface area contributed by atoms with Gasteiger partial charge in [0, 0.05) is 24.0 Å². The first-order valence-electron chi connectivity index (χ1n) is 6.69. The highest BCUT2D eigenvalue weighted by atomic mass is 16.3. The van der Waals surface area contributed by atoms with Crippen LogP contribution in [0.1, 0.15) is 21.6 Å². The number of amides is 1. The number of nitroso groups, excluding NO2 is 1. The van der Waals surface area contributed by atoms with E-state index in [2.05, 4.69) is 15.3 Å². The Balaban J connectivity index is 1.85. The first-order chi connectivity index (χ1) is 10.8. The summed E-state index contributed by atoms with van der Waals surface area (Å²) < 4.78 is 1.57. The van der Waals surface area contributed by atoms with Gasteiger partial charge in [-0.3, -0.25) is 4.79 Å². The average molecular weight is 292 g/mol. The predicted molar refractivity (Wildman–Crippen MR) is 80.7 cm³/mol. The zero-order valence-electron chi connectivity index (χ0n) is 11.6. The summed E-state index contributed by atoms with van der Waals surface area (Å²) in [6.45, 7) is 0. The molecule has 0 saturated heterocycles. The number of pyridine rings is 1. The molecule has 0 aliphatic heterocycles. The smallest absolute Gasteiger partial charge is 0.263 e. The van der Waals surface area contributed by atoms with Gasteiger partial charge in [0.2, 0.25) is 0 Å². The number of hydrogen-bond donors (Lipinski definition) is 0. The van der Waals surface area contributed by atoms with E-state index in [4.69, 9.17) is 0 Å². The van der Waals surface area contributed by atoms with Crippen molar-refractivity contribution in [3.8, 4) is 5.82 Å². The van der Waals surface area contributed by atoms with E-state index in [0.29, 0.717) is 12.2 Å². The Labute approximate surface area is 126 Å². The molecule has 108 valence electrons. The number of aromatic nitrogens is 3. The van der Waals surface area contributed by atoms with E-state index in [0.717, 1.165) is 11.3 Å². The SMILES string of the molecule is O=NC(=O)c1ccnc(-n2ccc(Cc3ccccc3)n2)c1. The maximum absolute atomic E-state index is 11.3. The summed E-state index contributed by atoms with van der Waals surface area (Å²) in [5.74, 6) is -0.353. The maximum Gasteiger partial charge on any atom is 0.316 e. The van der Waals surface area contributed by atoms with Gasteiger partial charge in [-0.2, -0.15) is 5.10 Å². The highest BCUT2D eigenvalue weighted by Gasteiger charge is 2.09. The fraction of sp³-hybridized carbons (Fsp3) is 0.0625. The van der Waals surface area contributed by atoms with Crippen molar-refractivity contribution in [2.45, 2.75) is 6.42 Å². The zero-order valence-corrected chi connectivity index (χ0v) is 11.6. The topological polar surface area (TPSA) is 77.2 Å². The Hall–Kier alpha value is -3.15. The highest BCUT2D eigenvalue weighted by molar-refractivity contribution is 5.95. The predicted octanol–water partition coefficient (Wildman–Crippen LogP) is 2.76. The van der Waals surface area contributed by atoms with Gasteiger partial charge in [0.1, 0.15) is 0 Å². The van der Waals surface area contributed by atoms with Crippen LogP contribution in [0.5, 0.6) is 0 Å². The van der Waals surface area contributed by atoms with Crippen molar-refractivity contribution >= 4 is 5.91 Å². The van der Waals surface area contributed by atoms with Crippen LogP contribution in [0.2, 0.25) is 0 Å². The molecule has 6 heteroatoms. The second-order valence-electron chi connectivity index (χ2n) is 4.71. The van der Waals surface area contributed by atoms with E-state index in [1.807, 2.05) is 36.4 Å². The van der Waals surface area contributed by atoms with Crippen LogP contribution in [-0.4, -0.2) is 20.7 Å². The summed E-state index contributed by atoms with van der Waals surface area (Å²) in [5.41, 5.74) is 2.24. The van der Waals surface area contributed by atoms with E-state index in [1.165, 1.54) is 18.3 Å². The monoisotopic (exact) mass is 292 g/mol. The van der Waals surface area contributed by atoms with Crippen molar-refractivity contribution in [2.75, 3.05) is 0 Å². The van der Waals surface area contributed by atoms with E-state index >= 15 is 0 Å². The summed E-state index contributed by atoms with van der Waals surface area (Å²) in [6.07, 6.45) is 3.93. The van der Waals surface area contributed by atoms with Gasteiger partial charge in [0.25, 0.3) is 0 Å². The van der Waals surface area contributed by atoms with Crippen molar-refractivity contribution < 1.29 is 4.79 Å². The Morgan fingerprint density at radius 2 is 1.95 bits per heavy atom. The number of carbonyl (C=O) groups is 1. The highest BCUT2D eigenvalue weighted by Crippen LogP contribution is 2.11. The summed E-state index contributed by atoms with van der Waals surface area (Å²) in [7, 11) is 0. The molecule has 1 amide bonds. The normalized spacial score (nSPS) is 10.4. The molecule has 0 radical (unpaired) electrons. The Kier molecular flexibility index (Phi) is 3.82. The number of nitrogens with zero attached hydrogens (tertiary/aromatic N) is 4. The maximum atomic E-state index is 11.3. The number of carbonyl (C=O) groups excluding carboxylic acids is 1. The van der Waals surface area contributed by atoms with Crippen LogP contribution in [0, 0.1) is 4.91 Å².